The molecule has 0 saturated carbocycles. The second kappa shape index (κ2) is 9.77. The monoisotopic (exact) mass is 315 g/mol. The van der Waals surface area contributed by atoms with E-state index in [4.69, 9.17) is 0 Å². The van der Waals surface area contributed by atoms with Gasteiger partial charge in [0.25, 0.3) is 0 Å². The minimum atomic E-state index is -3.43. The molecule has 0 radical (unpaired) electrons. The molecule has 1 N–H and O–H groups in total. The van der Waals surface area contributed by atoms with E-state index in [-0.39, 0.29) is 11.8 Å². The summed E-state index contributed by atoms with van der Waals surface area (Å²) in [4.78, 5) is 11.9. The summed E-state index contributed by atoms with van der Waals surface area (Å²) in [7, 11) is 0. The first-order valence-corrected chi connectivity index (χ1v) is 8.28. The van der Waals surface area contributed by atoms with E-state index in [0.29, 0.717) is 11.4 Å². The van der Waals surface area contributed by atoms with E-state index in [2.05, 4.69) is 12.2 Å². The Bertz CT molecular complexity index is 412. The van der Waals surface area contributed by atoms with Gasteiger partial charge in [0.15, 0.2) is 0 Å². The second-order valence-electron chi connectivity index (χ2n) is 4.96. The third-order valence-corrected chi connectivity index (χ3v) is 4.02. The zero-order valence-electron chi connectivity index (χ0n) is 12.4. The first kappa shape index (κ1) is 18.0. The topological polar surface area (TPSA) is 29.1 Å². The predicted octanol–water partition coefficient (Wildman–Crippen LogP) is 4.85. The van der Waals surface area contributed by atoms with Crippen molar-refractivity contribution in [1.29, 1.82) is 0 Å². The Morgan fingerprint density at radius 3 is 2.38 bits per heavy atom. The van der Waals surface area contributed by atoms with Gasteiger partial charge in [-0.05, 0) is 30.3 Å². The van der Waals surface area contributed by atoms with Crippen molar-refractivity contribution in [3.8, 4) is 0 Å². The molecule has 1 amide bonds. The van der Waals surface area contributed by atoms with E-state index in [0.717, 1.165) is 19.3 Å². The first-order valence-electron chi connectivity index (χ1n) is 7.46. The Balaban J connectivity index is 2.24. The maximum Gasteiger partial charge on any atom is 0.374 e. The van der Waals surface area contributed by atoms with E-state index in [1.807, 2.05) is 0 Å². The Morgan fingerprint density at radius 2 is 1.71 bits per heavy atom. The molecule has 5 heteroatoms. The maximum absolute atomic E-state index is 13.7. The summed E-state index contributed by atoms with van der Waals surface area (Å²) >= 11 is 0.284. The molecule has 0 atom stereocenters. The van der Waals surface area contributed by atoms with Gasteiger partial charge in [-0.3, -0.25) is 4.79 Å². The van der Waals surface area contributed by atoms with Gasteiger partial charge >= 0.3 is 11.2 Å². The lowest BCUT2D eigenvalue weighted by Gasteiger charge is -2.15. The molecule has 0 aliphatic heterocycles. The van der Waals surface area contributed by atoms with Crippen LogP contribution in [0.1, 0.15) is 45.4 Å². The number of nitrogens with one attached hydrogen (secondary N) is 1. The van der Waals surface area contributed by atoms with Gasteiger partial charge in [-0.25, -0.2) is 0 Å². The number of carbonyl (C=O) groups excluding carboxylic acids is 1. The number of thioether (sulfide) groups is 1. The zero-order chi connectivity index (χ0) is 15.6. The van der Waals surface area contributed by atoms with E-state index in [1.54, 1.807) is 30.3 Å². The smallest absolute Gasteiger partial charge is 0.350 e. The quantitative estimate of drug-likeness (QED) is 0.494. The first-order chi connectivity index (χ1) is 10.1. The van der Waals surface area contributed by atoms with Crippen molar-refractivity contribution in [3.05, 3.63) is 30.3 Å². The molecule has 0 bridgehead atoms. The lowest BCUT2D eigenvalue weighted by atomic mass is 10.1. The summed E-state index contributed by atoms with van der Waals surface area (Å²) in [5.74, 6) is -1.20. The highest BCUT2D eigenvalue weighted by atomic mass is 32.2. The van der Waals surface area contributed by atoms with E-state index in [9.17, 15) is 13.6 Å². The average molecular weight is 315 g/mol. The molecule has 1 rings (SSSR count). The summed E-state index contributed by atoms with van der Waals surface area (Å²) in [6.45, 7) is 2.46. The van der Waals surface area contributed by atoms with Crippen molar-refractivity contribution in [3.63, 3.8) is 0 Å². The Morgan fingerprint density at radius 1 is 1.10 bits per heavy atom. The lowest BCUT2D eigenvalue weighted by molar-refractivity contribution is -0.134. The normalized spacial score (nSPS) is 11.4. The molecule has 1 aromatic rings. The predicted molar refractivity (Wildman–Crippen MR) is 83.6 cm³/mol. The molecule has 118 valence electrons. The maximum atomic E-state index is 13.7. The highest BCUT2D eigenvalue weighted by Gasteiger charge is 2.39. The number of rotatable bonds is 10. The van der Waals surface area contributed by atoms with E-state index >= 15 is 0 Å². The van der Waals surface area contributed by atoms with Gasteiger partial charge in [0.2, 0.25) is 0 Å². The van der Waals surface area contributed by atoms with Gasteiger partial charge in [0, 0.05) is 11.4 Å². The third kappa shape index (κ3) is 7.46. The molecule has 0 unspecified atom stereocenters. The SMILES string of the molecule is CCCCCCCCNC(=O)C(F)(F)Sc1ccccc1. The standard InChI is InChI=1S/C16H23F2NOS/c1-2-3-4-5-6-10-13-19-15(20)16(17,18)21-14-11-8-7-9-12-14/h7-9,11-12H,2-6,10,13H2,1H3,(H,19,20). The van der Waals surface area contributed by atoms with E-state index in [1.165, 1.54) is 19.3 Å². The van der Waals surface area contributed by atoms with Crippen LogP contribution in [0.15, 0.2) is 35.2 Å². The van der Waals surface area contributed by atoms with Crippen molar-refractivity contribution >= 4 is 17.7 Å². The second-order valence-corrected chi connectivity index (χ2v) is 6.14. The molecular formula is C16H23F2NOS. The summed E-state index contributed by atoms with van der Waals surface area (Å²) in [6, 6.07) is 8.24. The van der Waals surface area contributed by atoms with Crippen LogP contribution in [0.3, 0.4) is 0 Å². The molecule has 0 heterocycles. The van der Waals surface area contributed by atoms with Gasteiger partial charge in [0.1, 0.15) is 0 Å². The number of hydrogen-bond donors (Lipinski definition) is 1. The van der Waals surface area contributed by atoms with Crippen LogP contribution >= 0.6 is 11.8 Å². The number of benzene rings is 1. The van der Waals surface area contributed by atoms with E-state index < -0.39 is 11.2 Å². The Kier molecular flexibility index (Phi) is 8.35. The molecule has 0 spiro atoms. The minimum absolute atomic E-state index is 0.284. The van der Waals surface area contributed by atoms with Crippen LogP contribution < -0.4 is 5.32 Å². The number of amides is 1. The summed E-state index contributed by atoms with van der Waals surface area (Å²) in [6.07, 6.45) is 6.38. The minimum Gasteiger partial charge on any atom is -0.350 e. The van der Waals surface area contributed by atoms with Crippen LogP contribution in [0.4, 0.5) is 8.78 Å². The van der Waals surface area contributed by atoms with Crippen molar-refractivity contribution < 1.29 is 13.6 Å². The van der Waals surface area contributed by atoms with Crippen molar-refractivity contribution in [2.75, 3.05) is 6.54 Å². The van der Waals surface area contributed by atoms with Crippen LogP contribution in [-0.2, 0) is 4.79 Å². The van der Waals surface area contributed by atoms with Gasteiger partial charge in [-0.2, -0.15) is 8.78 Å². The fourth-order valence-electron chi connectivity index (χ4n) is 1.89. The largest absolute Gasteiger partial charge is 0.374 e. The fraction of sp³-hybridized carbons (Fsp3) is 0.562. The van der Waals surface area contributed by atoms with Gasteiger partial charge < -0.3 is 5.32 Å². The molecule has 0 saturated heterocycles. The van der Waals surface area contributed by atoms with Crippen LogP contribution in [0.2, 0.25) is 0 Å². The zero-order valence-corrected chi connectivity index (χ0v) is 13.2. The van der Waals surface area contributed by atoms with Crippen LogP contribution in [-0.4, -0.2) is 17.7 Å². The number of unbranched alkanes of at least 4 members (excludes halogenated alkanes) is 5. The highest BCUT2D eigenvalue weighted by Crippen LogP contribution is 2.35. The molecule has 0 aromatic heterocycles. The number of alkyl halides is 2. The molecule has 0 aliphatic carbocycles. The highest BCUT2D eigenvalue weighted by molar-refractivity contribution is 8.01. The van der Waals surface area contributed by atoms with Crippen molar-refractivity contribution in [1.82, 2.24) is 5.32 Å². The van der Waals surface area contributed by atoms with Crippen LogP contribution in [0.5, 0.6) is 0 Å². The summed E-state index contributed by atoms with van der Waals surface area (Å²) in [5.41, 5.74) is 0. The number of halogens is 2. The molecule has 1 aromatic carbocycles. The molecule has 0 fully saturated rings. The van der Waals surface area contributed by atoms with Gasteiger partial charge in [0.05, 0.1) is 0 Å². The van der Waals surface area contributed by atoms with Crippen molar-refractivity contribution in [2.45, 2.75) is 55.6 Å². The van der Waals surface area contributed by atoms with Gasteiger partial charge in [-0.15, -0.1) is 0 Å². The van der Waals surface area contributed by atoms with Crippen LogP contribution in [0, 0.1) is 0 Å². The molecular weight excluding hydrogens is 292 g/mol. The van der Waals surface area contributed by atoms with Crippen LogP contribution in [0.25, 0.3) is 0 Å². The lowest BCUT2D eigenvalue weighted by Crippen LogP contribution is -2.38. The van der Waals surface area contributed by atoms with Gasteiger partial charge in [-0.1, -0.05) is 57.2 Å². The summed E-state index contributed by atoms with van der Waals surface area (Å²) in [5, 5.41) is -1.10. The Labute approximate surface area is 129 Å². The molecule has 0 aliphatic rings. The average Bonchev–Trinajstić information content (AvgIpc) is 2.46. The Hall–Kier alpha value is -1.10. The summed E-state index contributed by atoms with van der Waals surface area (Å²) < 4.78 is 27.5. The molecule has 21 heavy (non-hydrogen) atoms. The fourth-order valence-corrected chi connectivity index (χ4v) is 2.65. The third-order valence-electron chi connectivity index (χ3n) is 3.07. The van der Waals surface area contributed by atoms with Crippen molar-refractivity contribution in [2.24, 2.45) is 0 Å². The molecule has 2 nitrogen and oxygen atoms in total. The number of carbonyl (C=O) groups is 1. The number of hydrogen-bond acceptors (Lipinski definition) is 2.